The zero-order valence-electron chi connectivity index (χ0n) is 21.5. The lowest BCUT2D eigenvalue weighted by atomic mass is 10.1. The van der Waals surface area contributed by atoms with Crippen LogP contribution in [0.4, 0.5) is 23.5 Å². The highest BCUT2D eigenvalue weighted by molar-refractivity contribution is 5.92. The molecule has 0 atom stereocenters. The highest BCUT2D eigenvalue weighted by Crippen LogP contribution is 2.23. The molecule has 2 aliphatic heterocycles. The lowest BCUT2D eigenvalue weighted by Crippen LogP contribution is -2.34. The summed E-state index contributed by atoms with van der Waals surface area (Å²) in [7, 11) is 0. The number of aromatic nitrogens is 3. The number of esters is 1. The van der Waals surface area contributed by atoms with Gasteiger partial charge in [0.05, 0.1) is 16.7 Å². The Labute approximate surface area is 225 Å². The number of non-ortho nitro benzene ring substituents is 1. The Morgan fingerprint density at radius 2 is 1.54 bits per heavy atom. The largest absolute Gasteiger partial charge is 0.423 e. The van der Waals surface area contributed by atoms with E-state index in [-0.39, 0.29) is 17.0 Å². The fraction of sp³-hybridized carbons (Fsp3) is 0.370. The van der Waals surface area contributed by atoms with Gasteiger partial charge in [0.2, 0.25) is 17.8 Å². The van der Waals surface area contributed by atoms with Crippen LogP contribution in [-0.2, 0) is 0 Å². The van der Waals surface area contributed by atoms with E-state index < -0.39 is 10.9 Å². The molecule has 39 heavy (non-hydrogen) atoms. The van der Waals surface area contributed by atoms with Crippen molar-refractivity contribution in [2.45, 2.75) is 38.5 Å². The van der Waals surface area contributed by atoms with E-state index >= 15 is 0 Å². The Morgan fingerprint density at radius 1 is 0.897 bits per heavy atom. The quantitative estimate of drug-likeness (QED) is 0.146. The summed E-state index contributed by atoms with van der Waals surface area (Å²) in [6.07, 6.45) is 8.49. The molecule has 3 aromatic rings. The molecule has 0 amide bonds. The van der Waals surface area contributed by atoms with Crippen molar-refractivity contribution in [3.63, 3.8) is 0 Å². The number of hydrogen-bond donors (Lipinski definition) is 1. The second-order valence-electron chi connectivity index (χ2n) is 9.49. The van der Waals surface area contributed by atoms with Crippen LogP contribution in [0.15, 0.2) is 53.6 Å². The van der Waals surface area contributed by atoms with Crippen LogP contribution in [0.3, 0.4) is 0 Å². The molecule has 12 nitrogen and oxygen atoms in total. The maximum absolute atomic E-state index is 12.5. The molecule has 1 aromatic heterocycles. The maximum atomic E-state index is 12.5. The van der Waals surface area contributed by atoms with Crippen molar-refractivity contribution >= 4 is 35.7 Å². The van der Waals surface area contributed by atoms with Gasteiger partial charge in [0.15, 0.2) is 0 Å². The molecule has 1 N–H and O–H groups in total. The minimum absolute atomic E-state index is 0.0915. The van der Waals surface area contributed by atoms with Gasteiger partial charge in [-0.05, 0) is 62.3 Å². The molecule has 202 valence electrons. The zero-order chi connectivity index (χ0) is 27.0. The smallest absolute Gasteiger partial charge is 0.343 e. The van der Waals surface area contributed by atoms with Gasteiger partial charge in [0.25, 0.3) is 5.69 Å². The molecule has 2 aromatic carbocycles. The van der Waals surface area contributed by atoms with Gasteiger partial charge < -0.3 is 14.5 Å². The number of piperidine rings is 2. The number of anilines is 3. The Kier molecular flexibility index (Phi) is 8.20. The molecule has 2 fully saturated rings. The first-order chi connectivity index (χ1) is 19.0. The van der Waals surface area contributed by atoms with Crippen LogP contribution in [0, 0.1) is 10.1 Å². The number of benzene rings is 2. The monoisotopic (exact) mass is 530 g/mol. The normalized spacial score (nSPS) is 15.8. The van der Waals surface area contributed by atoms with Crippen LogP contribution < -0.4 is 20.0 Å². The topological polar surface area (TPSA) is 139 Å². The third-order valence-corrected chi connectivity index (χ3v) is 6.63. The summed E-state index contributed by atoms with van der Waals surface area (Å²) in [6.45, 7) is 3.70. The molecule has 5 rings (SSSR count). The number of carbonyl (C=O) groups is 1. The Balaban J connectivity index is 1.28. The third-order valence-electron chi connectivity index (χ3n) is 6.63. The van der Waals surface area contributed by atoms with Crippen molar-refractivity contribution in [3.8, 4) is 5.75 Å². The Morgan fingerprint density at radius 3 is 2.18 bits per heavy atom. The summed E-state index contributed by atoms with van der Waals surface area (Å²) in [4.78, 5) is 41.4. The standard InChI is InChI=1S/C27H30N8O4/c36-24(21-10-8-11-22(18-21)35(37)38)39-23-12-7-9-20(17-23)19-28-32-25-29-26(33-13-3-1-4-14-33)31-27(30-25)34-15-5-2-6-16-34/h7-12,17-19H,1-6,13-16H2,(H,29,30,31,32)/b28-19-. The number of rotatable bonds is 8. The number of nitro groups is 1. The van der Waals surface area contributed by atoms with Gasteiger partial charge >= 0.3 is 5.97 Å². The lowest BCUT2D eigenvalue weighted by Gasteiger charge is -2.30. The van der Waals surface area contributed by atoms with Crippen molar-refractivity contribution < 1.29 is 14.5 Å². The minimum Gasteiger partial charge on any atom is -0.423 e. The lowest BCUT2D eigenvalue weighted by molar-refractivity contribution is -0.384. The van der Waals surface area contributed by atoms with E-state index in [9.17, 15) is 14.9 Å². The minimum atomic E-state index is -0.688. The van der Waals surface area contributed by atoms with Crippen LogP contribution in [-0.4, -0.2) is 58.2 Å². The van der Waals surface area contributed by atoms with E-state index in [2.05, 4.69) is 30.3 Å². The van der Waals surface area contributed by atoms with E-state index in [1.165, 1.54) is 37.1 Å². The summed E-state index contributed by atoms with van der Waals surface area (Å²) in [6, 6.07) is 12.2. The molecule has 2 saturated heterocycles. The van der Waals surface area contributed by atoms with Crippen molar-refractivity contribution in [1.82, 2.24) is 15.0 Å². The second-order valence-corrected chi connectivity index (χ2v) is 9.49. The number of ether oxygens (including phenoxy) is 1. The first kappa shape index (κ1) is 26.0. The van der Waals surface area contributed by atoms with E-state index in [1.807, 2.05) is 6.07 Å². The molecule has 0 bridgehead atoms. The summed E-state index contributed by atoms with van der Waals surface area (Å²) in [5.74, 6) is 1.30. The first-order valence-corrected chi connectivity index (χ1v) is 13.2. The number of hydrazone groups is 1. The van der Waals surface area contributed by atoms with Gasteiger partial charge in [0, 0.05) is 38.3 Å². The second kappa shape index (κ2) is 12.3. The van der Waals surface area contributed by atoms with Crippen LogP contribution in [0.2, 0.25) is 0 Å². The SMILES string of the molecule is O=C(Oc1cccc(/C=N\Nc2nc(N3CCCCC3)nc(N3CCCCC3)n2)c1)c1cccc([N+](=O)[O-])c1. The molecule has 0 saturated carbocycles. The average molecular weight is 531 g/mol. The molecule has 0 spiro atoms. The molecule has 0 aliphatic carbocycles. The van der Waals surface area contributed by atoms with Crippen molar-refractivity contribution in [2.75, 3.05) is 41.4 Å². The Hall–Kier alpha value is -4.61. The van der Waals surface area contributed by atoms with Crippen LogP contribution in [0.25, 0.3) is 0 Å². The Bertz CT molecular complexity index is 1320. The summed E-state index contributed by atoms with van der Waals surface area (Å²) in [5, 5.41) is 15.3. The molecule has 0 unspecified atom stereocenters. The number of carbonyl (C=O) groups excluding carboxylic acids is 1. The fourth-order valence-electron chi connectivity index (χ4n) is 4.61. The number of nitro benzene ring substituents is 1. The van der Waals surface area contributed by atoms with Crippen LogP contribution >= 0.6 is 0 Å². The van der Waals surface area contributed by atoms with Crippen LogP contribution in [0.5, 0.6) is 5.75 Å². The fourth-order valence-corrected chi connectivity index (χ4v) is 4.61. The van der Waals surface area contributed by atoms with E-state index in [0.29, 0.717) is 23.4 Å². The van der Waals surface area contributed by atoms with Gasteiger partial charge in [-0.25, -0.2) is 10.2 Å². The average Bonchev–Trinajstić information content (AvgIpc) is 2.98. The highest BCUT2D eigenvalue weighted by atomic mass is 16.6. The van der Waals surface area contributed by atoms with Gasteiger partial charge in [-0.15, -0.1) is 0 Å². The number of nitrogens with zero attached hydrogens (tertiary/aromatic N) is 7. The van der Waals surface area contributed by atoms with Crippen molar-refractivity contribution in [3.05, 3.63) is 69.8 Å². The van der Waals surface area contributed by atoms with Gasteiger partial charge in [0.1, 0.15) is 5.75 Å². The molecule has 3 heterocycles. The summed E-state index contributed by atoms with van der Waals surface area (Å²) < 4.78 is 5.42. The number of hydrogen-bond acceptors (Lipinski definition) is 11. The molecule has 12 heteroatoms. The number of nitrogens with one attached hydrogen (secondary N) is 1. The first-order valence-electron chi connectivity index (χ1n) is 13.2. The van der Waals surface area contributed by atoms with Crippen LogP contribution in [0.1, 0.15) is 54.4 Å². The van der Waals surface area contributed by atoms with Gasteiger partial charge in [-0.2, -0.15) is 20.1 Å². The highest BCUT2D eigenvalue weighted by Gasteiger charge is 2.20. The van der Waals surface area contributed by atoms with Gasteiger partial charge in [-0.3, -0.25) is 10.1 Å². The van der Waals surface area contributed by atoms with E-state index in [1.54, 1.807) is 24.4 Å². The third kappa shape index (κ3) is 6.83. The van der Waals surface area contributed by atoms with E-state index in [4.69, 9.17) is 9.72 Å². The van der Waals surface area contributed by atoms with Crippen molar-refractivity contribution in [1.29, 1.82) is 0 Å². The van der Waals surface area contributed by atoms with Crippen molar-refractivity contribution in [2.24, 2.45) is 5.10 Å². The van der Waals surface area contributed by atoms with E-state index in [0.717, 1.165) is 51.9 Å². The maximum Gasteiger partial charge on any atom is 0.343 e. The molecule has 0 radical (unpaired) electrons. The predicted molar refractivity (Wildman–Crippen MR) is 148 cm³/mol. The zero-order valence-corrected chi connectivity index (χ0v) is 21.5. The predicted octanol–water partition coefficient (Wildman–Crippen LogP) is 4.43. The molecular formula is C27H30N8O4. The molecular weight excluding hydrogens is 500 g/mol. The molecule has 2 aliphatic rings. The van der Waals surface area contributed by atoms with Gasteiger partial charge in [-0.1, -0.05) is 18.2 Å². The summed E-state index contributed by atoms with van der Waals surface area (Å²) >= 11 is 0. The summed E-state index contributed by atoms with van der Waals surface area (Å²) in [5.41, 5.74) is 3.52.